The second kappa shape index (κ2) is 5.47. The van der Waals surface area contributed by atoms with Crippen LogP contribution >= 0.6 is 0 Å². The van der Waals surface area contributed by atoms with Gasteiger partial charge in [-0.25, -0.2) is 0 Å². The van der Waals surface area contributed by atoms with Crippen LogP contribution in [0.3, 0.4) is 0 Å². The molecule has 114 valence electrons. The quantitative estimate of drug-likeness (QED) is 0.724. The molecule has 1 saturated heterocycles. The number of unbranched alkanes of at least 4 members (excludes halogenated alkanes) is 1. The van der Waals surface area contributed by atoms with Crippen LogP contribution in [0.2, 0.25) is 0 Å². The van der Waals surface area contributed by atoms with Crippen molar-refractivity contribution in [2.24, 2.45) is 0 Å². The minimum Gasteiger partial charge on any atom is -0.329 e. The number of hydrogen-bond donors (Lipinski definition) is 0. The van der Waals surface area contributed by atoms with Crippen molar-refractivity contribution in [2.45, 2.75) is 69.9 Å². The van der Waals surface area contributed by atoms with Crippen LogP contribution in [0.15, 0.2) is 0 Å². The van der Waals surface area contributed by atoms with Gasteiger partial charge in [0.2, 0.25) is 0 Å². The summed E-state index contributed by atoms with van der Waals surface area (Å²) in [4.78, 5) is 0. The lowest BCUT2D eigenvalue weighted by molar-refractivity contribution is -0.446. The SMILES string of the molecule is CCCC[C@@H]1OC(C(F)(F)F)(C(F)(F)F)O[C@@H]1CC. The van der Waals surface area contributed by atoms with Gasteiger partial charge in [-0.3, -0.25) is 0 Å². The Morgan fingerprint density at radius 3 is 1.74 bits per heavy atom. The molecule has 8 heteroatoms. The van der Waals surface area contributed by atoms with Crippen molar-refractivity contribution in [3.63, 3.8) is 0 Å². The van der Waals surface area contributed by atoms with Crippen molar-refractivity contribution in [2.75, 3.05) is 0 Å². The van der Waals surface area contributed by atoms with Crippen LogP contribution in [0.25, 0.3) is 0 Å². The molecule has 0 unspecified atom stereocenters. The third kappa shape index (κ3) is 2.99. The highest BCUT2D eigenvalue weighted by molar-refractivity contribution is 4.95. The summed E-state index contributed by atoms with van der Waals surface area (Å²) in [5, 5.41) is 0. The third-order valence-electron chi connectivity index (χ3n) is 3.04. The molecule has 1 aliphatic rings. The second-order valence-electron chi connectivity index (χ2n) is 4.48. The Bertz CT molecular complexity index is 285. The molecular formula is C11H16F6O2. The lowest BCUT2D eigenvalue weighted by Crippen LogP contribution is -2.58. The van der Waals surface area contributed by atoms with Gasteiger partial charge in [-0.05, 0) is 12.8 Å². The van der Waals surface area contributed by atoms with Gasteiger partial charge in [-0.15, -0.1) is 0 Å². The lowest BCUT2D eigenvalue weighted by atomic mass is 10.1. The van der Waals surface area contributed by atoms with Crippen molar-refractivity contribution < 1.29 is 35.8 Å². The highest BCUT2D eigenvalue weighted by Crippen LogP contribution is 2.52. The fourth-order valence-corrected chi connectivity index (χ4v) is 2.03. The first-order chi connectivity index (χ1) is 8.59. The third-order valence-corrected chi connectivity index (χ3v) is 3.04. The van der Waals surface area contributed by atoms with E-state index >= 15 is 0 Å². The zero-order valence-corrected chi connectivity index (χ0v) is 10.6. The summed E-state index contributed by atoms with van der Waals surface area (Å²) < 4.78 is 85.1. The molecule has 1 heterocycles. The van der Waals surface area contributed by atoms with Crippen LogP contribution < -0.4 is 0 Å². The highest BCUT2D eigenvalue weighted by atomic mass is 19.4. The molecule has 0 bridgehead atoms. The largest absolute Gasteiger partial charge is 0.453 e. The van der Waals surface area contributed by atoms with Gasteiger partial charge in [0.25, 0.3) is 0 Å². The number of ether oxygens (including phenoxy) is 2. The smallest absolute Gasteiger partial charge is 0.329 e. The zero-order valence-electron chi connectivity index (χ0n) is 10.6. The van der Waals surface area contributed by atoms with E-state index in [0.29, 0.717) is 12.8 Å². The molecule has 0 aromatic heterocycles. The molecule has 0 spiro atoms. The topological polar surface area (TPSA) is 18.5 Å². The van der Waals surface area contributed by atoms with Crippen molar-refractivity contribution >= 4 is 0 Å². The average Bonchev–Trinajstić information content (AvgIpc) is 2.65. The van der Waals surface area contributed by atoms with Crippen LogP contribution in [-0.4, -0.2) is 30.3 Å². The van der Waals surface area contributed by atoms with E-state index < -0.39 is 30.3 Å². The van der Waals surface area contributed by atoms with Crippen LogP contribution in [0.1, 0.15) is 39.5 Å². The van der Waals surface area contributed by atoms with E-state index in [1.165, 1.54) is 6.92 Å². The maximum Gasteiger partial charge on any atom is 0.453 e. The van der Waals surface area contributed by atoms with Gasteiger partial charge in [0.15, 0.2) is 0 Å². The molecule has 0 amide bonds. The van der Waals surface area contributed by atoms with Gasteiger partial charge >= 0.3 is 18.1 Å². The summed E-state index contributed by atoms with van der Waals surface area (Å²) in [6.45, 7) is 3.26. The molecule has 0 aromatic rings. The number of halogens is 6. The van der Waals surface area contributed by atoms with Crippen molar-refractivity contribution in [1.82, 2.24) is 0 Å². The predicted octanol–water partition coefficient (Wildman–Crippen LogP) is 4.19. The summed E-state index contributed by atoms with van der Waals surface area (Å²) in [6, 6.07) is 0. The Morgan fingerprint density at radius 2 is 1.37 bits per heavy atom. The monoisotopic (exact) mass is 294 g/mol. The van der Waals surface area contributed by atoms with Crippen LogP contribution in [0.4, 0.5) is 26.3 Å². The van der Waals surface area contributed by atoms with Gasteiger partial charge in [-0.1, -0.05) is 26.7 Å². The fourth-order valence-electron chi connectivity index (χ4n) is 2.03. The highest BCUT2D eigenvalue weighted by Gasteiger charge is 2.78. The standard InChI is InChI=1S/C11H16F6O2/c1-3-5-6-8-7(4-2)18-9(19-8,10(12,13)14)11(15,16)17/h7-8H,3-6H2,1-2H3/t7-,8+/m1/s1. The van der Waals surface area contributed by atoms with Crippen LogP contribution in [-0.2, 0) is 9.47 Å². The minimum absolute atomic E-state index is 0.0301. The van der Waals surface area contributed by atoms with Crippen molar-refractivity contribution in [3.8, 4) is 0 Å². The molecular weight excluding hydrogens is 278 g/mol. The maximum absolute atomic E-state index is 12.7. The van der Waals surface area contributed by atoms with Crippen LogP contribution in [0, 0.1) is 0 Å². The lowest BCUT2D eigenvalue weighted by Gasteiger charge is -2.31. The second-order valence-corrected chi connectivity index (χ2v) is 4.48. The van der Waals surface area contributed by atoms with E-state index in [9.17, 15) is 26.3 Å². The molecule has 0 N–H and O–H groups in total. The molecule has 1 rings (SSSR count). The predicted molar refractivity (Wildman–Crippen MR) is 54.4 cm³/mol. The summed E-state index contributed by atoms with van der Waals surface area (Å²) in [7, 11) is 0. The number of alkyl halides is 6. The average molecular weight is 294 g/mol. The summed E-state index contributed by atoms with van der Waals surface area (Å²) in [5.41, 5.74) is 0. The maximum atomic E-state index is 12.7. The van der Waals surface area contributed by atoms with E-state index in [4.69, 9.17) is 0 Å². The van der Waals surface area contributed by atoms with Gasteiger partial charge < -0.3 is 9.47 Å². The Morgan fingerprint density at radius 1 is 0.895 bits per heavy atom. The molecule has 2 atom stereocenters. The summed E-state index contributed by atoms with van der Waals surface area (Å²) in [6.07, 6.45) is -12.4. The van der Waals surface area contributed by atoms with E-state index in [1.807, 2.05) is 0 Å². The zero-order chi connectivity index (χ0) is 14.9. The first kappa shape index (κ1) is 16.6. The van der Waals surface area contributed by atoms with E-state index in [0.717, 1.165) is 0 Å². The van der Waals surface area contributed by atoms with E-state index in [2.05, 4.69) is 9.47 Å². The number of rotatable bonds is 4. The van der Waals surface area contributed by atoms with Crippen molar-refractivity contribution in [3.05, 3.63) is 0 Å². The summed E-state index contributed by atoms with van der Waals surface area (Å²) >= 11 is 0. The van der Waals surface area contributed by atoms with E-state index in [-0.39, 0.29) is 12.8 Å². The molecule has 2 nitrogen and oxygen atoms in total. The van der Waals surface area contributed by atoms with Gasteiger partial charge in [0.05, 0.1) is 12.2 Å². The minimum atomic E-state index is -5.65. The van der Waals surface area contributed by atoms with Crippen molar-refractivity contribution in [1.29, 1.82) is 0 Å². The summed E-state index contributed by atoms with van der Waals surface area (Å²) in [5.74, 6) is -4.49. The molecule has 1 fully saturated rings. The molecule has 0 radical (unpaired) electrons. The van der Waals surface area contributed by atoms with Gasteiger partial charge in [0, 0.05) is 0 Å². The Kier molecular flexibility index (Phi) is 4.77. The Hall–Kier alpha value is -0.500. The molecule has 0 aliphatic carbocycles. The Labute approximate surface area is 107 Å². The molecule has 0 saturated carbocycles. The molecule has 1 aliphatic heterocycles. The normalized spacial score (nSPS) is 27.8. The first-order valence-corrected chi connectivity index (χ1v) is 6.08. The fraction of sp³-hybridized carbons (Fsp3) is 1.00. The van der Waals surface area contributed by atoms with Gasteiger partial charge in [-0.2, -0.15) is 26.3 Å². The first-order valence-electron chi connectivity index (χ1n) is 6.08. The van der Waals surface area contributed by atoms with Crippen LogP contribution in [0.5, 0.6) is 0 Å². The number of hydrogen-bond acceptors (Lipinski definition) is 2. The van der Waals surface area contributed by atoms with E-state index in [1.54, 1.807) is 6.92 Å². The Balaban J connectivity index is 3.03. The molecule has 19 heavy (non-hydrogen) atoms. The van der Waals surface area contributed by atoms with Gasteiger partial charge in [0.1, 0.15) is 0 Å². The molecule has 0 aromatic carbocycles.